The molecule has 0 saturated carbocycles. The van der Waals surface area contributed by atoms with Crippen LogP contribution < -0.4 is 25.8 Å². The summed E-state index contributed by atoms with van der Waals surface area (Å²) >= 11 is 8.56. The molecule has 1 aromatic carbocycles. The number of nitrogens with zero attached hydrogens (tertiary/aromatic N) is 1. The standard InChI is InChI=1S/C15H15BrN4O3S/c1-7-11(14(18)21)12(20-15(24)19-7)8-5-9(16)13(23-4-3-17)10(6-8)22-2/h5-6,12H,4H2,1-2H3,(H2,18,21)(H2,19,20,24)/t12-/m1/s1. The van der Waals surface area contributed by atoms with Crippen LogP contribution in [-0.2, 0) is 4.79 Å². The number of nitrogens with one attached hydrogen (secondary N) is 2. The molecule has 7 nitrogen and oxygen atoms in total. The van der Waals surface area contributed by atoms with E-state index < -0.39 is 11.9 Å². The van der Waals surface area contributed by atoms with Gasteiger partial charge in [-0.05, 0) is 52.8 Å². The second-order valence-electron chi connectivity index (χ2n) is 4.92. The van der Waals surface area contributed by atoms with Gasteiger partial charge in [-0.15, -0.1) is 0 Å². The minimum atomic E-state index is -0.556. The molecule has 1 aliphatic rings. The maximum atomic E-state index is 11.8. The Bertz CT molecular complexity index is 773. The first-order valence-corrected chi connectivity index (χ1v) is 8.04. The third-order valence-electron chi connectivity index (χ3n) is 3.40. The van der Waals surface area contributed by atoms with Crippen LogP contribution in [0.5, 0.6) is 11.5 Å². The summed E-state index contributed by atoms with van der Waals surface area (Å²) in [4.78, 5) is 11.8. The minimum Gasteiger partial charge on any atom is -0.493 e. The van der Waals surface area contributed by atoms with Gasteiger partial charge in [-0.25, -0.2) is 0 Å². The number of amides is 1. The highest BCUT2D eigenvalue weighted by molar-refractivity contribution is 9.10. The molecule has 0 saturated heterocycles. The number of carbonyl (C=O) groups is 1. The smallest absolute Gasteiger partial charge is 0.248 e. The molecular formula is C15H15BrN4O3S. The van der Waals surface area contributed by atoms with Gasteiger partial charge in [-0.1, -0.05) is 0 Å². The molecular weight excluding hydrogens is 396 g/mol. The fourth-order valence-electron chi connectivity index (χ4n) is 2.42. The molecule has 0 aromatic heterocycles. The van der Waals surface area contributed by atoms with Crippen LogP contribution in [0.4, 0.5) is 0 Å². The number of nitrogens with two attached hydrogens (primary N) is 1. The van der Waals surface area contributed by atoms with E-state index in [0.717, 1.165) is 0 Å². The Labute approximate surface area is 152 Å². The van der Waals surface area contributed by atoms with Gasteiger partial charge in [0.1, 0.15) is 6.07 Å². The van der Waals surface area contributed by atoms with Crippen molar-refractivity contribution in [3.63, 3.8) is 0 Å². The number of primary amides is 1. The number of nitriles is 1. The molecule has 0 radical (unpaired) electrons. The van der Waals surface area contributed by atoms with Crippen LogP contribution in [0.25, 0.3) is 0 Å². The number of rotatable bonds is 5. The first-order chi connectivity index (χ1) is 11.4. The average molecular weight is 411 g/mol. The van der Waals surface area contributed by atoms with E-state index in [0.29, 0.717) is 37.9 Å². The predicted molar refractivity (Wildman–Crippen MR) is 95.3 cm³/mol. The van der Waals surface area contributed by atoms with Gasteiger partial charge in [0.25, 0.3) is 0 Å². The number of carbonyl (C=O) groups excluding carboxylic acids is 1. The lowest BCUT2D eigenvalue weighted by Crippen LogP contribution is -2.46. The maximum absolute atomic E-state index is 11.8. The highest BCUT2D eigenvalue weighted by atomic mass is 79.9. The molecule has 2 rings (SSSR count). The molecule has 9 heteroatoms. The van der Waals surface area contributed by atoms with Crippen molar-refractivity contribution in [2.24, 2.45) is 5.73 Å². The van der Waals surface area contributed by atoms with Gasteiger partial charge in [0.05, 0.1) is 23.2 Å². The fourth-order valence-corrected chi connectivity index (χ4v) is 3.27. The third kappa shape index (κ3) is 3.60. The van der Waals surface area contributed by atoms with Gasteiger partial charge in [0, 0.05) is 5.70 Å². The molecule has 0 aliphatic carbocycles. The van der Waals surface area contributed by atoms with Crippen molar-refractivity contribution in [3.05, 3.63) is 33.4 Å². The number of benzene rings is 1. The van der Waals surface area contributed by atoms with E-state index in [-0.39, 0.29) is 6.61 Å². The van der Waals surface area contributed by atoms with Crippen LogP contribution in [0.3, 0.4) is 0 Å². The topological polar surface area (TPSA) is 109 Å². The Morgan fingerprint density at radius 1 is 1.54 bits per heavy atom. The molecule has 4 N–H and O–H groups in total. The van der Waals surface area contributed by atoms with Crippen LogP contribution >= 0.6 is 28.1 Å². The Hall–Kier alpha value is -2.31. The molecule has 1 heterocycles. The summed E-state index contributed by atoms with van der Waals surface area (Å²) < 4.78 is 11.3. The molecule has 0 unspecified atom stereocenters. The van der Waals surface area contributed by atoms with Gasteiger partial charge >= 0.3 is 0 Å². The molecule has 1 aromatic rings. The zero-order valence-corrected chi connectivity index (χ0v) is 15.4. The summed E-state index contributed by atoms with van der Waals surface area (Å²) in [5.41, 5.74) is 7.19. The van der Waals surface area contributed by atoms with Crippen LogP contribution in [0.2, 0.25) is 0 Å². The first kappa shape index (κ1) is 18.0. The third-order valence-corrected chi connectivity index (χ3v) is 4.21. The highest BCUT2D eigenvalue weighted by Gasteiger charge is 2.29. The van der Waals surface area contributed by atoms with E-state index in [4.69, 9.17) is 32.7 Å². The highest BCUT2D eigenvalue weighted by Crippen LogP contribution is 2.40. The van der Waals surface area contributed by atoms with Crippen LogP contribution in [-0.4, -0.2) is 24.7 Å². The lowest BCUT2D eigenvalue weighted by atomic mass is 9.95. The average Bonchev–Trinajstić information content (AvgIpc) is 2.51. The molecule has 1 aliphatic heterocycles. The molecule has 0 spiro atoms. The lowest BCUT2D eigenvalue weighted by Gasteiger charge is -2.30. The number of methoxy groups -OCH3 is 1. The van der Waals surface area contributed by atoms with Crippen LogP contribution in [0.15, 0.2) is 27.9 Å². The van der Waals surface area contributed by atoms with Crippen molar-refractivity contribution in [3.8, 4) is 17.6 Å². The van der Waals surface area contributed by atoms with E-state index in [1.165, 1.54) is 7.11 Å². The number of halogens is 1. The van der Waals surface area contributed by atoms with Crippen molar-refractivity contribution in [2.45, 2.75) is 13.0 Å². The number of thiocarbonyl (C=S) groups is 1. The van der Waals surface area contributed by atoms with E-state index in [1.807, 2.05) is 6.07 Å². The van der Waals surface area contributed by atoms with Gasteiger partial charge < -0.3 is 25.8 Å². The monoisotopic (exact) mass is 410 g/mol. The van der Waals surface area contributed by atoms with Crippen molar-refractivity contribution < 1.29 is 14.3 Å². The van der Waals surface area contributed by atoms with Crippen LogP contribution in [0, 0.1) is 11.3 Å². The first-order valence-electron chi connectivity index (χ1n) is 6.84. The zero-order valence-electron chi connectivity index (χ0n) is 13.0. The normalized spacial score (nSPS) is 16.8. The molecule has 1 amide bonds. The summed E-state index contributed by atoms with van der Waals surface area (Å²) in [6.45, 7) is 1.62. The number of hydrogen-bond acceptors (Lipinski definition) is 5. The van der Waals surface area contributed by atoms with Crippen molar-refractivity contribution in [1.82, 2.24) is 10.6 Å². The SMILES string of the molecule is COc1cc([C@H]2NC(=S)NC(C)=C2C(N)=O)cc(Br)c1OCC#N. The van der Waals surface area contributed by atoms with Crippen molar-refractivity contribution >= 4 is 39.2 Å². The molecule has 0 fully saturated rings. The summed E-state index contributed by atoms with van der Waals surface area (Å²) in [6, 6.07) is 4.85. The summed E-state index contributed by atoms with van der Waals surface area (Å²) in [7, 11) is 1.49. The van der Waals surface area contributed by atoms with E-state index >= 15 is 0 Å². The van der Waals surface area contributed by atoms with Crippen molar-refractivity contribution in [2.75, 3.05) is 13.7 Å². The summed E-state index contributed by atoms with van der Waals surface area (Å²) in [6.07, 6.45) is 0. The van der Waals surface area contributed by atoms with Gasteiger partial charge in [0.15, 0.2) is 23.2 Å². The molecule has 0 bridgehead atoms. The lowest BCUT2D eigenvalue weighted by molar-refractivity contribution is -0.115. The number of hydrogen-bond donors (Lipinski definition) is 3. The summed E-state index contributed by atoms with van der Waals surface area (Å²) in [5, 5.41) is 15.0. The zero-order chi connectivity index (χ0) is 17.9. The Morgan fingerprint density at radius 2 is 2.25 bits per heavy atom. The van der Waals surface area contributed by atoms with Crippen LogP contribution in [0.1, 0.15) is 18.5 Å². The Morgan fingerprint density at radius 3 is 2.83 bits per heavy atom. The molecule has 24 heavy (non-hydrogen) atoms. The maximum Gasteiger partial charge on any atom is 0.248 e. The quantitative estimate of drug-likeness (QED) is 0.632. The molecule has 126 valence electrons. The number of ether oxygens (including phenoxy) is 2. The molecule has 1 atom stereocenters. The number of allylic oxidation sites excluding steroid dienone is 1. The minimum absolute atomic E-state index is 0.116. The van der Waals surface area contributed by atoms with Gasteiger partial charge in [0.2, 0.25) is 5.91 Å². The Balaban J connectivity index is 2.53. The second-order valence-corrected chi connectivity index (χ2v) is 6.18. The van der Waals surface area contributed by atoms with E-state index in [1.54, 1.807) is 19.1 Å². The Kier molecular flexibility index (Phi) is 5.64. The van der Waals surface area contributed by atoms with E-state index in [2.05, 4.69) is 26.6 Å². The largest absolute Gasteiger partial charge is 0.493 e. The second kappa shape index (κ2) is 7.51. The van der Waals surface area contributed by atoms with Crippen molar-refractivity contribution in [1.29, 1.82) is 5.26 Å². The van der Waals surface area contributed by atoms with Gasteiger partial charge in [-0.2, -0.15) is 5.26 Å². The summed E-state index contributed by atoms with van der Waals surface area (Å²) in [5.74, 6) is 0.267. The van der Waals surface area contributed by atoms with Gasteiger partial charge in [-0.3, -0.25) is 4.79 Å². The van der Waals surface area contributed by atoms with E-state index in [9.17, 15) is 4.79 Å². The predicted octanol–water partition coefficient (Wildman–Crippen LogP) is 1.64. The fraction of sp³-hybridized carbons (Fsp3) is 0.267.